The molecule has 3 nitrogen and oxygen atoms in total. The first kappa shape index (κ1) is 13.7. The number of rotatable bonds is 5. The van der Waals surface area contributed by atoms with Gasteiger partial charge in [0.15, 0.2) is 11.6 Å². The minimum atomic E-state index is -0.811. The third-order valence-electron chi connectivity index (χ3n) is 3.22. The standard InChI is InChI=1S/C14H17F2N3/c1-17-11(9-14-18-5-6-19(14)2)7-10-3-4-12(15)13(16)8-10/h3-6,8,11,17H,7,9H2,1-2H3. The maximum absolute atomic E-state index is 13.2. The van der Waals surface area contributed by atoms with Crippen LogP contribution in [0.25, 0.3) is 0 Å². The molecule has 1 atom stereocenters. The molecule has 0 aliphatic heterocycles. The SMILES string of the molecule is CNC(Cc1ccc(F)c(F)c1)Cc1nccn1C. The first-order valence-corrected chi connectivity index (χ1v) is 6.17. The van der Waals surface area contributed by atoms with E-state index < -0.39 is 11.6 Å². The summed E-state index contributed by atoms with van der Waals surface area (Å²) in [6.45, 7) is 0. The van der Waals surface area contributed by atoms with Crippen LogP contribution in [0.15, 0.2) is 30.6 Å². The normalized spacial score (nSPS) is 12.6. The molecule has 5 heteroatoms. The number of imidazole rings is 1. The van der Waals surface area contributed by atoms with Gasteiger partial charge in [0.05, 0.1) is 0 Å². The highest BCUT2D eigenvalue weighted by atomic mass is 19.2. The zero-order valence-corrected chi connectivity index (χ0v) is 11.0. The van der Waals surface area contributed by atoms with Crippen molar-refractivity contribution in [3.05, 3.63) is 53.6 Å². The van der Waals surface area contributed by atoms with Crippen LogP contribution in [0.4, 0.5) is 8.78 Å². The fraction of sp³-hybridized carbons (Fsp3) is 0.357. The lowest BCUT2D eigenvalue weighted by atomic mass is 10.0. The second-order valence-electron chi connectivity index (χ2n) is 4.60. The number of halogens is 2. The van der Waals surface area contributed by atoms with E-state index in [2.05, 4.69) is 10.3 Å². The predicted molar refractivity (Wildman–Crippen MR) is 69.8 cm³/mol. The molecule has 1 unspecified atom stereocenters. The highest BCUT2D eigenvalue weighted by Gasteiger charge is 2.12. The molecule has 1 heterocycles. The van der Waals surface area contributed by atoms with Crippen LogP contribution >= 0.6 is 0 Å². The van der Waals surface area contributed by atoms with Crippen molar-refractivity contribution in [2.75, 3.05) is 7.05 Å². The smallest absolute Gasteiger partial charge is 0.159 e. The van der Waals surface area contributed by atoms with Crippen LogP contribution in [-0.4, -0.2) is 22.6 Å². The Balaban J connectivity index is 2.06. The van der Waals surface area contributed by atoms with Crippen molar-refractivity contribution in [2.45, 2.75) is 18.9 Å². The number of aromatic nitrogens is 2. The zero-order chi connectivity index (χ0) is 13.8. The second-order valence-corrected chi connectivity index (χ2v) is 4.60. The molecule has 0 aliphatic carbocycles. The number of likely N-dealkylation sites (N-methyl/N-ethyl adjacent to an activating group) is 1. The van der Waals surface area contributed by atoms with E-state index in [-0.39, 0.29) is 6.04 Å². The molecule has 0 saturated heterocycles. The monoisotopic (exact) mass is 265 g/mol. The lowest BCUT2D eigenvalue weighted by molar-refractivity contribution is 0.500. The van der Waals surface area contributed by atoms with Gasteiger partial charge in [-0.2, -0.15) is 0 Å². The first-order valence-electron chi connectivity index (χ1n) is 6.17. The van der Waals surface area contributed by atoms with Gasteiger partial charge in [-0.1, -0.05) is 6.07 Å². The van der Waals surface area contributed by atoms with E-state index in [4.69, 9.17) is 0 Å². The summed E-state index contributed by atoms with van der Waals surface area (Å²) in [4.78, 5) is 4.27. The molecule has 1 N–H and O–H groups in total. The van der Waals surface area contributed by atoms with Crippen molar-refractivity contribution in [1.82, 2.24) is 14.9 Å². The zero-order valence-electron chi connectivity index (χ0n) is 11.0. The third kappa shape index (κ3) is 3.38. The first-order chi connectivity index (χ1) is 9.10. The lowest BCUT2D eigenvalue weighted by Gasteiger charge is -2.16. The van der Waals surface area contributed by atoms with E-state index in [1.165, 1.54) is 6.07 Å². The van der Waals surface area contributed by atoms with Crippen LogP contribution in [0, 0.1) is 11.6 Å². The lowest BCUT2D eigenvalue weighted by Crippen LogP contribution is -2.31. The summed E-state index contributed by atoms with van der Waals surface area (Å²) in [7, 11) is 3.79. The Morgan fingerprint density at radius 1 is 1.26 bits per heavy atom. The number of aryl methyl sites for hydroxylation is 1. The van der Waals surface area contributed by atoms with Gasteiger partial charge in [0.25, 0.3) is 0 Å². The van der Waals surface area contributed by atoms with Gasteiger partial charge in [0.2, 0.25) is 0 Å². The number of nitrogens with one attached hydrogen (secondary N) is 1. The summed E-state index contributed by atoms with van der Waals surface area (Å²) in [5.41, 5.74) is 0.771. The average Bonchev–Trinajstić information content (AvgIpc) is 2.78. The molecule has 0 aliphatic rings. The van der Waals surface area contributed by atoms with Gasteiger partial charge in [-0.25, -0.2) is 13.8 Å². The summed E-state index contributed by atoms with van der Waals surface area (Å²) in [6, 6.07) is 4.16. The number of hydrogen-bond donors (Lipinski definition) is 1. The van der Waals surface area contributed by atoms with Crippen LogP contribution in [0.2, 0.25) is 0 Å². The minimum absolute atomic E-state index is 0.131. The minimum Gasteiger partial charge on any atom is -0.338 e. The molecule has 102 valence electrons. The Morgan fingerprint density at radius 2 is 2.05 bits per heavy atom. The third-order valence-corrected chi connectivity index (χ3v) is 3.22. The highest BCUT2D eigenvalue weighted by molar-refractivity contribution is 5.19. The largest absolute Gasteiger partial charge is 0.338 e. The van der Waals surface area contributed by atoms with Crippen LogP contribution in [0.1, 0.15) is 11.4 Å². The quantitative estimate of drug-likeness (QED) is 0.897. The molecule has 0 amide bonds. The average molecular weight is 265 g/mol. The van der Waals surface area contributed by atoms with Crippen molar-refractivity contribution in [1.29, 1.82) is 0 Å². The summed E-state index contributed by atoms with van der Waals surface area (Å²) in [5.74, 6) is -0.653. The van der Waals surface area contributed by atoms with Crippen LogP contribution in [0.5, 0.6) is 0 Å². The van der Waals surface area contributed by atoms with Gasteiger partial charge in [0.1, 0.15) is 5.82 Å². The molecule has 1 aromatic heterocycles. The van der Waals surface area contributed by atoms with E-state index in [1.807, 2.05) is 24.9 Å². The highest BCUT2D eigenvalue weighted by Crippen LogP contribution is 2.12. The number of nitrogens with zero attached hydrogens (tertiary/aromatic N) is 2. The van der Waals surface area contributed by atoms with Crippen LogP contribution < -0.4 is 5.32 Å². The molecular formula is C14H17F2N3. The van der Waals surface area contributed by atoms with Crippen molar-refractivity contribution in [3.63, 3.8) is 0 Å². The molecule has 1 aromatic carbocycles. The summed E-state index contributed by atoms with van der Waals surface area (Å²) >= 11 is 0. The van der Waals surface area contributed by atoms with E-state index in [0.717, 1.165) is 23.9 Å². The maximum atomic E-state index is 13.2. The van der Waals surface area contributed by atoms with Crippen molar-refractivity contribution in [2.24, 2.45) is 7.05 Å². The van der Waals surface area contributed by atoms with E-state index in [9.17, 15) is 8.78 Å². The molecule has 0 bridgehead atoms. The van der Waals surface area contributed by atoms with Crippen LogP contribution in [0.3, 0.4) is 0 Å². The molecule has 2 rings (SSSR count). The number of benzene rings is 1. The fourth-order valence-electron chi connectivity index (χ4n) is 2.04. The predicted octanol–water partition coefficient (Wildman–Crippen LogP) is 2.07. The molecule has 0 radical (unpaired) electrons. The maximum Gasteiger partial charge on any atom is 0.159 e. The van der Waals surface area contributed by atoms with Crippen molar-refractivity contribution in [3.8, 4) is 0 Å². The second kappa shape index (κ2) is 5.93. The molecule has 2 aromatic rings. The van der Waals surface area contributed by atoms with Gasteiger partial charge in [-0.05, 0) is 31.2 Å². The summed E-state index contributed by atoms with van der Waals surface area (Å²) in [6.07, 6.45) is 5.00. The molecule has 0 fully saturated rings. The van der Waals surface area contributed by atoms with Crippen LogP contribution in [-0.2, 0) is 19.9 Å². The summed E-state index contributed by atoms with van der Waals surface area (Å²) in [5, 5.41) is 3.18. The topological polar surface area (TPSA) is 29.9 Å². The van der Waals surface area contributed by atoms with Gasteiger partial charge in [-0.15, -0.1) is 0 Å². The van der Waals surface area contributed by atoms with Gasteiger partial charge in [0, 0.05) is 31.9 Å². The van der Waals surface area contributed by atoms with E-state index in [1.54, 1.807) is 12.3 Å². The molecule has 0 saturated carbocycles. The Hall–Kier alpha value is -1.75. The molecular weight excluding hydrogens is 248 g/mol. The van der Waals surface area contributed by atoms with Crippen molar-refractivity contribution < 1.29 is 8.78 Å². The van der Waals surface area contributed by atoms with E-state index in [0.29, 0.717) is 6.42 Å². The van der Waals surface area contributed by atoms with Gasteiger partial charge in [-0.3, -0.25) is 0 Å². The Kier molecular flexibility index (Phi) is 4.27. The summed E-state index contributed by atoms with van der Waals surface area (Å²) < 4.78 is 28.0. The van der Waals surface area contributed by atoms with E-state index >= 15 is 0 Å². The Bertz CT molecular complexity index is 551. The Labute approximate surface area is 111 Å². The van der Waals surface area contributed by atoms with Gasteiger partial charge < -0.3 is 9.88 Å². The fourth-order valence-corrected chi connectivity index (χ4v) is 2.04. The number of hydrogen-bond acceptors (Lipinski definition) is 2. The Morgan fingerprint density at radius 3 is 2.63 bits per heavy atom. The molecule has 0 spiro atoms. The van der Waals surface area contributed by atoms with Gasteiger partial charge >= 0.3 is 0 Å². The van der Waals surface area contributed by atoms with Crippen molar-refractivity contribution >= 4 is 0 Å². The molecule has 19 heavy (non-hydrogen) atoms.